The number of allylic oxidation sites excluding steroid dienone is 2. The molecule has 0 atom stereocenters. The lowest BCUT2D eigenvalue weighted by molar-refractivity contribution is -0.154. The molecular weight excluding hydrogens is 312 g/mol. The molecule has 0 aromatic rings. The minimum atomic E-state index is -1.22. The Labute approximate surface area is 152 Å². The number of nitrogens with two attached hydrogens (primary N) is 1. The van der Waals surface area contributed by atoms with E-state index in [1.807, 2.05) is 0 Å². The SMILES string of the molecule is C=CCC(CC=C)(C(N)=O)C(=O)N(C1CCCCC1)C1CCCCC1. The van der Waals surface area contributed by atoms with E-state index in [2.05, 4.69) is 18.1 Å². The maximum atomic E-state index is 13.7. The van der Waals surface area contributed by atoms with Gasteiger partial charge in [0, 0.05) is 12.1 Å². The van der Waals surface area contributed by atoms with Gasteiger partial charge in [-0.3, -0.25) is 9.59 Å². The van der Waals surface area contributed by atoms with E-state index in [-0.39, 0.29) is 30.8 Å². The molecule has 0 saturated heterocycles. The Morgan fingerprint density at radius 2 is 1.28 bits per heavy atom. The molecule has 0 aromatic carbocycles. The van der Waals surface area contributed by atoms with Gasteiger partial charge in [-0.15, -0.1) is 13.2 Å². The van der Waals surface area contributed by atoms with Gasteiger partial charge in [-0.1, -0.05) is 50.7 Å². The number of primary amides is 1. The van der Waals surface area contributed by atoms with Crippen molar-refractivity contribution in [2.45, 2.75) is 89.1 Å². The molecule has 2 fully saturated rings. The molecule has 2 amide bonds. The highest BCUT2D eigenvalue weighted by atomic mass is 16.2. The lowest BCUT2D eigenvalue weighted by Crippen LogP contribution is -2.57. The first-order valence-corrected chi connectivity index (χ1v) is 9.91. The third-order valence-electron chi connectivity index (χ3n) is 6.04. The molecule has 4 heteroatoms. The van der Waals surface area contributed by atoms with E-state index in [0.29, 0.717) is 0 Å². The zero-order valence-electron chi connectivity index (χ0n) is 15.5. The normalized spacial score (nSPS) is 20.0. The van der Waals surface area contributed by atoms with E-state index < -0.39 is 11.3 Å². The molecule has 0 aliphatic heterocycles. The molecule has 140 valence electrons. The molecule has 0 heterocycles. The van der Waals surface area contributed by atoms with Crippen molar-refractivity contribution in [3.63, 3.8) is 0 Å². The Balaban J connectivity index is 2.37. The summed E-state index contributed by atoms with van der Waals surface area (Å²) in [5, 5.41) is 0. The lowest BCUT2D eigenvalue weighted by atomic mass is 9.76. The van der Waals surface area contributed by atoms with Crippen LogP contribution in [0.1, 0.15) is 77.0 Å². The summed E-state index contributed by atoms with van der Waals surface area (Å²) in [7, 11) is 0. The molecule has 2 aliphatic rings. The summed E-state index contributed by atoms with van der Waals surface area (Å²) >= 11 is 0. The average Bonchev–Trinajstić information content (AvgIpc) is 2.63. The predicted molar refractivity (Wildman–Crippen MR) is 102 cm³/mol. The Hall–Kier alpha value is -1.58. The molecule has 0 unspecified atom stereocenters. The van der Waals surface area contributed by atoms with Gasteiger partial charge in [0.2, 0.25) is 11.8 Å². The van der Waals surface area contributed by atoms with Crippen molar-refractivity contribution >= 4 is 11.8 Å². The highest BCUT2D eigenvalue weighted by molar-refractivity contribution is 6.05. The smallest absolute Gasteiger partial charge is 0.239 e. The fraction of sp³-hybridized carbons (Fsp3) is 0.714. The number of nitrogens with zero attached hydrogens (tertiary/aromatic N) is 1. The van der Waals surface area contributed by atoms with Crippen LogP contribution in [0.25, 0.3) is 0 Å². The summed E-state index contributed by atoms with van der Waals surface area (Å²) in [6.07, 6.45) is 15.1. The van der Waals surface area contributed by atoms with Crippen molar-refractivity contribution in [2.24, 2.45) is 11.1 Å². The van der Waals surface area contributed by atoms with Crippen molar-refractivity contribution in [2.75, 3.05) is 0 Å². The summed E-state index contributed by atoms with van der Waals surface area (Å²) in [4.78, 5) is 28.2. The van der Waals surface area contributed by atoms with Crippen LogP contribution in [0.2, 0.25) is 0 Å². The number of carbonyl (C=O) groups excluding carboxylic acids is 2. The number of hydrogen-bond donors (Lipinski definition) is 1. The zero-order valence-corrected chi connectivity index (χ0v) is 15.5. The second-order valence-electron chi connectivity index (χ2n) is 7.73. The quantitative estimate of drug-likeness (QED) is 0.531. The molecule has 0 spiro atoms. The highest BCUT2D eigenvalue weighted by Gasteiger charge is 2.48. The van der Waals surface area contributed by atoms with Crippen molar-refractivity contribution < 1.29 is 9.59 Å². The van der Waals surface area contributed by atoms with Crippen LogP contribution in [0.4, 0.5) is 0 Å². The minimum Gasteiger partial charge on any atom is -0.369 e. The Bertz CT molecular complexity index is 460. The summed E-state index contributed by atoms with van der Waals surface area (Å²) in [6, 6.07) is 0.496. The van der Waals surface area contributed by atoms with Gasteiger partial charge < -0.3 is 10.6 Å². The third kappa shape index (κ3) is 4.34. The average molecular weight is 347 g/mol. The fourth-order valence-corrected chi connectivity index (χ4v) is 4.65. The van der Waals surface area contributed by atoms with Crippen LogP contribution in [0, 0.1) is 5.41 Å². The first-order valence-electron chi connectivity index (χ1n) is 9.91. The molecule has 0 bridgehead atoms. The summed E-state index contributed by atoms with van der Waals surface area (Å²) < 4.78 is 0. The largest absolute Gasteiger partial charge is 0.369 e. The Morgan fingerprint density at radius 1 is 0.880 bits per heavy atom. The first-order chi connectivity index (χ1) is 12.1. The maximum Gasteiger partial charge on any atom is 0.239 e. The van der Waals surface area contributed by atoms with Gasteiger partial charge >= 0.3 is 0 Å². The second-order valence-corrected chi connectivity index (χ2v) is 7.73. The van der Waals surface area contributed by atoms with Crippen LogP contribution in [-0.4, -0.2) is 28.8 Å². The molecule has 2 aliphatic carbocycles. The van der Waals surface area contributed by atoms with E-state index in [4.69, 9.17) is 5.73 Å². The molecule has 0 radical (unpaired) electrons. The standard InChI is InChI=1S/C21H34N2O2/c1-3-15-21(16-4-2,19(22)24)20(25)23(17-11-7-5-8-12-17)18-13-9-6-10-14-18/h3-4,17-18H,1-2,5-16H2,(H2,22,24). The van der Waals surface area contributed by atoms with Gasteiger partial charge in [0.15, 0.2) is 0 Å². The maximum absolute atomic E-state index is 13.7. The summed E-state index contributed by atoms with van der Waals surface area (Å²) in [5.74, 6) is -0.632. The van der Waals surface area contributed by atoms with Crippen molar-refractivity contribution in [1.82, 2.24) is 4.90 Å². The predicted octanol–water partition coefficient (Wildman–Crippen LogP) is 4.10. The van der Waals surface area contributed by atoms with Gasteiger partial charge in [-0.25, -0.2) is 0 Å². The van der Waals surface area contributed by atoms with Crippen LogP contribution in [0.5, 0.6) is 0 Å². The number of carbonyl (C=O) groups is 2. The van der Waals surface area contributed by atoms with Crippen molar-refractivity contribution in [1.29, 1.82) is 0 Å². The van der Waals surface area contributed by atoms with Crippen molar-refractivity contribution in [3.8, 4) is 0 Å². The van der Waals surface area contributed by atoms with Crippen LogP contribution >= 0.6 is 0 Å². The molecular formula is C21H34N2O2. The molecule has 2 rings (SSSR count). The van der Waals surface area contributed by atoms with E-state index in [0.717, 1.165) is 51.4 Å². The molecule has 0 aromatic heterocycles. The van der Waals surface area contributed by atoms with Crippen LogP contribution in [-0.2, 0) is 9.59 Å². The van der Waals surface area contributed by atoms with E-state index in [1.54, 1.807) is 12.2 Å². The fourth-order valence-electron chi connectivity index (χ4n) is 4.65. The van der Waals surface area contributed by atoms with E-state index in [9.17, 15) is 9.59 Å². The monoisotopic (exact) mass is 346 g/mol. The van der Waals surface area contributed by atoms with E-state index in [1.165, 1.54) is 12.8 Å². The molecule has 4 nitrogen and oxygen atoms in total. The number of hydrogen-bond acceptors (Lipinski definition) is 2. The van der Waals surface area contributed by atoms with Gasteiger partial charge in [0.05, 0.1) is 0 Å². The summed E-state index contributed by atoms with van der Waals surface area (Å²) in [6.45, 7) is 7.53. The highest BCUT2D eigenvalue weighted by Crippen LogP contribution is 2.37. The Morgan fingerprint density at radius 3 is 1.60 bits per heavy atom. The number of amides is 2. The van der Waals surface area contributed by atoms with Gasteiger partial charge in [-0.05, 0) is 38.5 Å². The second kappa shape index (κ2) is 9.21. The van der Waals surface area contributed by atoms with Gasteiger partial charge in [-0.2, -0.15) is 0 Å². The van der Waals surface area contributed by atoms with Crippen LogP contribution in [0.15, 0.2) is 25.3 Å². The van der Waals surface area contributed by atoms with Crippen molar-refractivity contribution in [3.05, 3.63) is 25.3 Å². The van der Waals surface area contributed by atoms with E-state index >= 15 is 0 Å². The molecule has 2 saturated carbocycles. The lowest BCUT2D eigenvalue weighted by Gasteiger charge is -2.45. The first kappa shape index (κ1) is 19.7. The van der Waals surface area contributed by atoms with Crippen LogP contribution < -0.4 is 5.73 Å². The molecule has 25 heavy (non-hydrogen) atoms. The minimum absolute atomic E-state index is 0.0846. The summed E-state index contributed by atoms with van der Waals surface area (Å²) in [5.41, 5.74) is 4.54. The van der Waals surface area contributed by atoms with Gasteiger partial charge in [0.1, 0.15) is 5.41 Å². The third-order valence-corrected chi connectivity index (χ3v) is 6.04. The molecule has 2 N–H and O–H groups in total. The topological polar surface area (TPSA) is 63.4 Å². The van der Waals surface area contributed by atoms with Crippen LogP contribution in [0.3, 0.4) is 0 Å². The Kier molecular flexibility index (Phi) is 7.27. The number of rotatable bonds is 8. The van der Waals surface area contributed by atoms with Gasteiger partial charge in [0.25, 0.3) is 0 Å². The zero-order chi connectivity index (χ0) is 18.3.